The summed E-state index contributed by atoms with van der Waals surface area (Å²) in [6.45, 7) is 0. The second-order valence-corrected chi connectivity index (χ2v) is 6.54. The minimum absolute atomic E-state index is 0.0501. The van der Waals surface area contributed by atoms with Gasteiger partial charge in [0.15, 0.2) is 0 Å². The summed E-state index contributed by atoms with van der Waals surface area (Å²) in [7, 11) is 0. The van der Waals surface area contributed by atoms with E-state index in [9.17, 15) is 26.3 Å². The highest BCUT2D eigenvalue weighted by molar-refractivity contribution is 6.39. The molecule has 0 aliphatic carbocycles. The molecule has 0 unspecified atom stereocenters. The monoisotopic (exact) mass is 460 g/mol. The van der Waals surface area contributed by atoms with Crippen molar-refractivity contribution in [2.45, 2.75) is 12.4 Å². The summed E-state index contributed by atoms with van der Waals surface area (Å²) in [5, 5.41) is 1.51. The van der Waals surface area contributed by atoms with Gasteiger partial charge in [-0.3, -0.25) is 4.99 Å². The van der Waals surface area contributed by atoms with Crippen molar-refractivity contribution in [2.75, 3.05) is 5.32 Å². The molecule has 0 aliphatic heterocycles. The van der Waals surface area contributed by atoms with E-state index in [4.69, 9.17) is 34.8 Å². The van der Waals surface area contributed by atoms with Crippen molar-refractivity contribution in [3.05, 3.63) is 68.8 Å². The smallest absolute Gasteiger partial charge is 0.360 e. The largest absolute Gasteiger partial charge is 0.417 e. The van der Waals surface area contributed by atoms with E-state index in [0.29, 0.717) is 0 Å². The van der Waals surface area contributed by atoms with Gasteiger partial charge in [-0.1, -0.05) is 34.8 Å². The summed E-state index contributed by atoms with van der Waals surface area (Å²) in [5.41, 5.74) is -2.09. The van der Waals surface area contributed by atoms with Crippen molar-refractivity contribution in [3.8, 4) is 0 Å². The molecule has 0 aliphatic rings. The van der Waals surface area contributed by atoms with Crippen LogP contribution in [0.25, 0.3) is 0 Å². The van der Waals surface area contributed by atoms with E-state index in [1.807, 2.05) is 0 Å². The summed E-state index contributed by atoms with van der Waals surface area (Å²) in [6.07, 6.45) is -7.13. The highest BCUT2D eigenvalue weighted by atomic mass is 35.5. The standard InChI is InChI=1S/C17H9Cl3F6N2/c18-9(7-27-10-1-3-14(19)12(5-10)16(21,22)23)8-28-11-2-4-15(20)13(6-11)17(24,25)26/h1-8,27H/b9-7+,28-8?. The third kappa shape index (κ3) is 6.05. The van der Waals surface area contributed by atoms with Crippen molar-refractivity contribution < 1.29 is 26.3 Å². The third-order valence-corrected chi connectivity index (χ3v) is 4.11. The van der Waals surface area contributed by atoms with Gasteiger partial charge in [0.2, 0.25) is 0 Å². The lowest BCUT2D eigenvalue weighted by molar-refractivity contribution is -0.138. The molecule has 2 rings (SSSR count). The number of anilines is 1. The van der Waals surface area contributed by atoms with E-state index >= 15 is 0 Å². The number of nitrogens with zero attached hydrogens (tertiary/aromatic N) is 1. The van der Waals surface area contributed by atoms with E-state index < -0.39 is 33.5 Å². The molecule has 11 heteroatoms. The molecule has 0 amide bonds. The van der Waals surface area contributed by atoms with Crippen LogP contribution in [0.3, 0.4) is 0 Å². The van der Waals surface area contributed by atoms with Crippen LogP contribution < -0.4 is 5.32 Å². The second-order valence-electron chi connectivity index (χ2n) is 5.29. The first-order valence-electron chi connectivity index (χ1n) is 7.27. The van der Waals surface area contributed by atoms with Crippen LogP contribution in [0.2, 0.25) is 10.0 Å². The van der Waals surface area contributed by atoms with Crippen molar-refractivity contribution in [1.29, 1.82) is 0 Å². The number of aliphatic imine (C=N–C) groups is 1. The number of halogens is 9. The fourth-order valence-corrected chi connectivity index (χ4v) is 2.52. The van der Waals surface area contributed by atoms with Crippen molar-refractivity contribution >= 4 is 52.4 Å². The summed E-state index contributed by atoms with van der Waals surface area (Å²) < 4.78 is 76.9. The third-order valence-electron chi connectivity index (χ3n) is 3.24. The Bertz CT molecular complexity index is 920. The van der Waals surface area contributed by atoms with E-state index in [0.717, 1.165) is 36.7 Å². The highest BCUT2D eigenvalue weighted by Crippen LogP contribution is 2.37. The highest BCUT2D eigenvalue weighted by Gasteiger charge is 2.34. The molecule has 0 fully saturated rings. The minimum Gasteiger partial charge on any atom is -0.360 e. The van der Waals surface area contributed by atoms with E-state index in [1.54, 1.807) is 0 Å². The lowest BCUT2D eigenvalue weighted by Gasteiger charge is -2.10. The number of nitrogens with one attached hydrogen (secondary N) is 1. The van der Waals surface area contributed by atoms with Gasteiger partial charge >= 0.3 is 12.4 Å². The van der Waals surface area contributed by atoms with Crippen LogP contribution in [0.1, 0.15) is 11.1 Å². The Kier molecular flexibility index (Phi) is 6.90. The van der Waals surface area contributed by atoms with Gasteiger partial charge in [0.25, 0.3) is 0 Å². The molecule has 0 bridgehead atoms. The van der Waals surface area contributed by atoms with Crippen LogP contribution in [0.5, 0.6) is 0 Å². The number of allylic oxidation sites excluding steroid dienone is 1. The fraction of sp³-hybridized carbons (Fsp3) is 0.118. The number of rotatable bonds is 4. The van der Waals surface area contributed by atoms with Crippen molar-refractivity contribution in [3.63, 3.8) is 0 Å². The summed E-state index contributed by atoms with van der Waals surface area (Å²) in [4.78, 5) is 3.78. The van der Waals surface area contributed by atoms with Crippen LogP contribution >= 0.6 is 34.8 Å². The molecule has 1 N–H and O–H groups in total. The maximum absolute atomic E-state index is 12.8. The molecular formula is C17H9Cl3F6N2. The van der Waals surface area contributed by atoms with E-state index in [-0.39, 0.29) is 16.4 Å². The molecule has 0 spiro atoms. The Morgan fingerprint density at radius 2 is 1.39 bits per heavy atom. The Morgan fingerprint density at radius 1 is 0.857 bits per heavy atom. The Balaban J connectivity index is 2.16. The summed E-state index contributed by atoms with van der Waals surface area (Å²) in [5.74, 6) is 0. The number of benzene rings is 2. The second kappa shape index (κ2) is 8.63. The molecule has 0 atom stereocenters. The molecule has 2 aromatic rings. The number of hydrogen-bond acceptors (Lipinski definition) is 2. The minimum atomic E-state index is -4.64. The van der Waals surface area contributed by atoms with Gasteiger partial charge in [-0.05, 0) is 36.4 Å². The van der Waals surface area contributed by atoms with Crippen LogP contribution in [0, 0.1) is 0 Å². The first-order valence-corrected chi connectivity index (χ1v) is 8.41. The molecule has 0 saturated heterocycles. The maximum atomic E-state index is 12.8. The zero-order valence-corrected chi connectivity index (χ0v) is 15.7. The van der Waals surface area contributed by atoms with Crippen LogP contribution in [0.15, 0.2) is 52.6 Å². The van der Waals surface area contributed by atoms with Gasteiger partial charge in [-0.15, -0.1) is 0 Å². The summed E-state index contributed by atoms with van der Waals surface area (Å²) in [6, 6.07) is 6.18. The normalized spacial score (nSPS) is 13.2. The number of alkyl halides is 6. The predicted molar refractivity (Wildman–Crippen MR) is 98.6 cm³/mol. The van der Waals surface area contributed by atoms with Gasteiger partial charge in [-0.2, -0.15) is 26.3 Å². The molecule has 150 valence electrons. The van der Waals surface area contributed by atoms with E-state index in [2.05, 4.69) is 10.3 Å². The average Bonchev–Trinajstić information content (AvgIpc) is 2.58. The van der Waals surface area contributed by atoms with Gasteiger partial charge in [0.05, 0.1) is 31.9 Å². The first-order chi connectivity index (χ1) is 12.9. The molecule has 0 aromatic heterocycles. The Hall–Kier alpha value is -1.90. The molecule has 2 aromatic carbocycles. The summed E-state index contributed by atoms with van der Waals surface area (Å²) >= 11 is 16.9. The quantitative estimate of drug-likeness (QED) is 0.363. The SMILES string of the molecule is FC(F)(F)c1cc(N=C/C(Cl)=C\Nc2ccc(Cl)c(C(F)(F)F)c2)ccc1Cl. The first kappa shape index (κ1) is 22.4. The van der Waals surface area contributed by atoms with E-state index in [1.165, 1.54) is 12.1 Å². The molecule has 28 heavy (non-hydrogen) atoms. The van der Waals surface area contributed by atoms with Crippen LogP contribution in [0.4, 0.5) is 37.7 Å². The topological polar surface area (TPSA) is 24.4 Å². The van der Waals surface area contributed by atoms with Crippen molar-refractivity contribution in [1.82, 2.24) is 0 Å². The fourth-order valence-electron chi connectivity index (χ4n) is 1.97. The lowest BCUT2D eigenvalue weighted by atomic mass is 10.2. The van der Waals surface area contributed by atoms with Gasteiger partial charge < -0.3 is 5.32 Å². The van der Waals surface area contributed by atoms with Gasteiger partial charge in [0, 0.05) is 18.1 Å². The van der Waals surface area contributed by atoms with Crippen molar-refractivity contribution in [2.24, 2.45) is 4.99 Å². The molecule has 2 nitrogen and oxygen atoms in total. The molecule has 0 saturated carbocycles. The zero-order valence-electron chi connectivity index (χ0n) is 13.5. The van der Waals surface area contributed by atoms with Crippen LogP contribution in [-0.2, 0) is 12.4 Å². The van der Waals surface area contributed by atoms with Gasteiger partial charge in [-0.25, -0.2) is 0 Å². The van der Waals surface area contributed by atoms with Gasteiger partial charge in [0.1, 0.15) is 0 Å². The average molecular weight is 462 g/mol. The molecule has 0 radical (unpaired) electrons. The zero-order chi connectivity index (χ0) is 21.1. The molecular weight excluding hydrogens is 453 g/mol. The Labute approximate surface area is 170 Å². The predicted octanol–water partition coefficient (Wildman–Crippen LogP) is 7.93. The molecule has 0 heterocycles. The lowest BCUT2D eigenvalue weighted by Crippen LogP contribution is -2.06. The number of hydrogen-bond donors (Lipinski definition) is 1. The van der Waals surface area contributed by atoms with Crippen LogP contribution in [-0.4, -0.2) is 6.21 Å². The maximum Gasteiger partial charge on any atom is 0.417 e. The Morgan fingerprint density at radius 3 is 1.96 bits per heavy atom.